The molecule has 1 heterocycles. The molecule has 0 bridgehead atoms. The van der Waals surface area contributed by atoms with Gasteiger partial charge in [0.2, 0.25) is 0 Å². The van der Waals surface area contributed by atoms with Gasteiger partial charge in [-0.15, -0.1) is 0 Å². The van der Waals surface area contributed by atoms with Gasteiger partial charge in [-0.2, -0.15) is 13.2 Å². The molecule has 1 spiro atoms. The summed E-state index contributed by atoms with van der Waals surface area (Å²) in [5.41, 5.74) is 3.45. The van der Waals surface area contributed by atoms with Crippen molar-refractivity contribution < 1.29 is 32.5 Å². The van der Waals surface area contributed by atoms with Crippen LogP contribution in [-0.2, 0) is 23.1 Å². The van der Waals surface area contributed by atoms with Gasteiger partial charge in [-0.25, -0.2) is 4.79 Å². The highest BCUT2D eigenvalue weighted by Gasteiger charge is 2.54. The summed E-state index contributed by atoms with van der Waals surface area (Å²) in [6.07, 6.45) is 4.03. The number of carboxylic acid groups (broad SMARTS) is 1. The molecule has 3 aliphatic carbocycles. The predicted octanol–water partition coefficient (Wildman–Crippen LogP) is 9.14. The van der Waals surface area contributed by atoms with Crippen LogP contribution in [0.3, 0.4) is 0 Å². The van der Waals surface area contributed by atoms with Crippen LogP contribution >= 0.6 is 11.6 Å². The second-order valence-corrected chi connectivity index (χ2v) is 14.4. The largest absolute Gasteiger partial charge is 0.493 e. The van der Waals surface area contributed by atoms with Crippen LogP contribution in [0.2, 0.25) is 5.02 Å². The first-order valence-electron chi connectivity index (χ1n) is 16.6. The van der Waals surface area contributed by atoms with Crippen LogP contribution in [0, 0.1) is 11.8 Å². The normalized spacial score (nSPS) is 25.9. The van der Waals surface area contributed by atoms with E-state index in [9.17, 15) is 23.1 Å². The van der Waals surface area contributed by atoms with Crippen LogP contribution in [0.4, 0.5) is 18.9 Å². The topological polar surface area (TPSA) is 80.7 Å². The smallest absolute Gasteiger partial charge is 0.422 e. The number of fused-ring (bicyclic) bond motifs is 3. The molecular weight excluding hydrogens is 629 g/mol. The molecule has 1 aromatic heterocycles. The molecule has 1 fully saturated rings. The minimum atomic E-state index is -4.45. The zero-order valence-electron chi connectivity index (χ0n) is 26.8. The van der Waals surface area contributed by atoms with Crippen molar-refractivity contribution in [3.05, 3.63) is 82.1 Å². The van der Waals surface area contributed by atoms with E-state index in [1.807, 2.05) is 18.3 Å². The third-order valence-electron chi connectivity index (χ3n) is 10.7. The SMILES string of the molecule is C[C@@H](COc1ccnc2c1[C@H](C)CCC2)CC1Cc2ccc(OCC(F)(F)F)cc2C12CCC(Nc1cccc(Cl)c1)(C(=O)O)CC2. The number of aryl methyl sites for hydroxylation is 1. The van der Waals surface area contributed by atoms with Gasteiger partial charge >= 0.3 is 12.1 Å². The fourth-order valence-electron chi connectivity index (χ4n) is 8.33. The fourth-order valence-corrected chi connectivity index (χ4v) is 8.52. The number of aromatic nitrogens is 1. The standard InChI is InChI=1S/C37H42ClF3N2O4/c1-23(21-46-32-11-16-42-31-8-3-5-24(2)33(31)32)17-26-18-25-9-10-29(47-22-37(39,40)41)20-30(25)35(26)12-14-36(15-13-35,34(44)45)43-28-7-4-6-27(38)19-28/h4,6-7,9-11,16,19-20,23-24,26,43H,3,5,8,12-15,17-18,21-22H2,1-2H3,(H,44,45)/t23-,24-,26?,35?,36?/m1/s1. The van der Waals surface area contributed by atoms with Gasteiger partial charge in [-0.05, 0) is 128 Å². The zero-order valence-corrected chi connectivity index (χ0v) is 27.6. The Kier molecular flexibility index (Phi) is 9.40. The number of hydrogen-bond acceptors (Lipinski definition) is 5. The van der Waals surface area contributed by atoms with Gasteiger partial charge in [0.15, 0.2) is 6.61 Å². The Labute approximate surface area is 279 Å². The van der Waals surface area contributed by atoms with Gasteiger partial charge in [0.1, 0.15) is 17.0 Å². The Morgan fingerprint density at radius 2 is 1.91 bits per heavy atom. The highest BCUT2D eigenvalue weighted by molar-refractivity contribution is 6.30. The number of aliphatic carboxylic acids is 1. The molecule has 0 saturated heterocycles. The van der Waals surface area contributed by atoms with Crippen molar-refractivity contribution in [1.82, 2.24) is 4.98 Å². The summed E-state index contributed by atoms with van der Waals surface area (Å²) in [7, 11) is 0. The van der Waals surface area contributed by atoms with Crippen LogP contribution < -0.4 is 14.8 Å². The lowest BCUT2D eigenvalue weighted by Gasteiger charge is -2.47. The average Bonchev–Trinajstić information content (AvgIpc) is 3.31. The van der Waals surface area contributed by atoms with Gasteiger partial charge in [-0.1, -0.05) is 37.6 Å². The van der Waals surface area contributed by atoms with Crippen molar-refractivity contribution in [1.29, 1.82) is 0 Å². The van der Waals surface area contributed by atoms with E-state index >= 15 is 0 Å². The Balaban J connectivity index is 1.24. The number of nitrogens with one attached hydrogen (secondary N) is 1. The second kappa shape index (κ2) is 13.2. The van der Waals surface area contributed by atoms with E-state index in [1.165, 1.54) is 5.56 Å². The molecule has 2 aromatic carbocycles. The molecule has 1 unspecified atom stereocenters. The Morgan fingerprint density at radius 3 is 2.64 bits per heavy atom. The summed E-state index contributed by atoms with van der Waals surface area (Å²) in [4.78, 5) is 17.4. The lowest BCUT2D eigenvalue weighted by atomic mass is 9.59. The fraction of sp³-hybridized carbons (Fsp3) is 0.514. The minimum Gasteiger partial charge on any atom is -0.493 e. The number of hydrogen-bond donors (Lipinski definition) is 2. The quantitative estimate of drug-likeness (QED) is 0.224. The first-order chi connectivity index (χ1) is 22.4. The average molecular weight is 671 g/mol. The highest BCUT2D eigenvalue weighted by Crippen LogP contribution is 2.57. The van der Waals surface area contributed by atoms with Gasteiger partial charge in [-0.3, -0.25) is 4.98 Å². The van der Waals surface area contributed by atoms with Crippen LogP contribution in [0.25, 0.3) is 0 Å². The number of rotatable bonds is 10. The van der Waals surface area contributed by atoms with E-state index in [-0.39, 0.29) is 17.6 Å². The Bertz CT molecular complexity index is 1600. The molecule has 3 aromatic rings. The number of carbonyl (C=O) groups is 1. The molecule has 252 valence electrons. The van der Waals surface area contributed by atoms with Crippen LogP contribution in [-0.4, -0.2) is 41.0 Å². The first kappa shape index (κ1) is 33.4. The number of halogens is 4. The summed E-state index contributed by atoms with van der Waals surface area (Å²) in [5, 5.41) is 14.3. The first-order valence-corrected chi connectivity index (χ1v) is 17.0. The molecule has 0 amide bonds. The molecule has 2 N–H and O–H groups in total. The van der Waals surface area contributed by atoms with E-state index in [0.29, 0.717) is 48.9 Å². The third kappa shape index (κ3) is 7.06. The van der Waals surface area contributed by atoms with Crippen molar-refractivity contribution in [3.8, 4) is 11.5 Å². The van der Waals surface area contributed by atoms with E-state index < -0.39 is 29.7 Å². The summed E-state index contributed by atoms with van der Waals surface area (Å²) in [6, 6.07) is 14.3. The van der Waals surface area contributed by atoms with Gasteiger partial charge < -0.3 is 19.9 Å². The minimum absolute atomic E-state index is 0.164. The Hall–Kier alpha value is -3.46. The number of anilines is 1. The molecule has 1 saturated carbocycles. The van der Waals surface area contributed by atoms with Crippen LogP contribution in [0.5, 0.6) is 11.5 Å². The summed E-state index contributed by atoms with van der Waals surface area (Å²) < 4.78 is 50.7. The molecule has 3 atom stereocenters. The number of pyridine rings is 1. The van der Waals surface area contributed by atoms with Crippen molar-refractivity contribution in [2.45, 2.75) is 94.7 Å². The molecule has 6 rings (SSSR count). The van der Waals surface area contributed by atoms with Gasteiger partial charge in [0, 0.05) is 28.2 Å². The summed E-state index contributed by atoms with van der Waals surface area (Å²) >= 11 is 6.20. The molecule has 3 aliphatic rings. The van der Waals surface area contributed by atoms with Gasteiger partial charge in [0.25, 0.3) is 0 Å². The Morgan fingerprint density at radius 1 is 1.13 bits per heavy atom. The second-order valence-electron chi connectivity index (χ2n) is 13.9. The zero-order chi connectivity index (χ0) is 33.4. The molecule has 47 heavy (non-hydrogen) atoms. The predicted molar refractivity (Wildman–Crippen MR) is 176 cm³/mol. The maximum Gasteiger partial charge on any atom is 0.422 e. The number of alkyl halides is 3. The molecule has 10 heteroatoms. The monoisotopic (exact) mass is 670 g/mol. The molecule has 0 aliphatic heterocycles. The van der Waals surface area contributed by atoms with E-state index in [4.69, 9.17) is 21.1 Å². The highest BCUT2D eigenvalue weighted by atomic mass is 35.5. The summed E-state index contributed by atoms with van der Waals surface area (Å²) in [6.45, 7) is 3.57. The lowest BCUT2D eigenvalue weighted by Crippen LogP contribution is -2.53. The summed E-state index contributed by atoms with van der Waals surface area (Å²) in [5.74, 6) is 0.905. The van der Waals surface area contributed by atoms with Crippen molar-refractivity contribution in [2.75, 3.05) is 18.5 Å². The van der Waals surface area contributed by atoms with Crippen molar-refractivity contribution >= 4 is 23.3 Å². The third-order valence-corrected chi connectivity index (χ3v) is 10.9. The number of carboxylic acids is 1. The molecular formula is C37H42ClF3N2O4. The van der Waals surface area contributed by atoms with E-state index in [2.05, 4.69) is 24.1 Å². The molecule has 0 radical (unpaired) electrons. The van der Waals surface area contributed by atoms with Crippen LogP contribution in [0.1, 0.15) is 87.1 Å². The maximum absolute atomic E-state index is 13.0. The maximum atomic E-state index is 13.0. The van der Waals surface area contributed by atoms with Gasteiger partial charge in [0.05, 0.1) is 6.61 Å². The number of benzene rings is 2. The lowest BCUT2D eigenvalue weighted by molar-refractivity contribution is -0.153. The van der Waals surface area contributed by atoms with Crippen molar-refractivity contribution in [2.24, 2.45) is 11.8 Å². The number of ether oxygens (including phenoxy) is 2. The number of nitrogens with zero attached hydrogens (tertiary/aromatic N) is 1. The van der Waals surface area contributed by atoms with Crippen LogP contribution in [0.15, 0.2) is 54.7 Å². The van der Waals surface area contributed by atoms with E-state index in [0.717, 1.165) is 54.7 Å². The van der Waals surface area contributed by atoms with E-state index in [1.54, 1.807) is 36.4 Å². The van der Waals surface area contributed by atoms with Crippen molar-refractivity contribution in [3.63, 3.8) is 0 Å². The molecule has 6 nitrogen and oxygen atoms in total.